The van der Waals surface area contributed by atoms with Gasteiger partial charge in [-0.2, -0.15) is 0 Å². The van der Waals surface area contributed by atoms with Crippen LogP contribution in [0.4, 0.5) is 5.69 Å². The fourth-order valence-corrected chi connectivity index (χ4v) is 4.40. The fraction of sp³-hybridized carbons (Fsp3) is 0.235. The van der Waals surface area contributed by atoms with Crippen LogP contribution in [0.2, 0.25) is 5.02 Å². The van der Waals surface area contributed by atoms with Gasteiger partial charge in [-0.3, -0.25) is 4.79 Å². The monoisotopic (exact) mass is 377 g/mol. The first-order chi connectivity index (χ1) is 11.5. The van der Waals surface area contributed by atoms with E-state index >= 15 is 0 Å². The zero-order valence-electron chi connectivity index (χ0n) is 13.5. The maximum absolute atomic E-state index is 12.4. The highest BCUT2D eigenvalue weighted by molar-refractivity contribution is 8.00. The number of anilines is 1. The number of aryl methyl sites for hydroxylation is 2. The molecule has 0 radical (unpaired) electrons. The average molecular weight is 378 g/mol. The van der Waals surface area contributed by atoms with Crippen molar-refractivity contribution in [1.29, 1.82) is 0 Å². The molecule has 124 valence electrons. The molecule has 1 amide bonds. The van der Waals surface area contributed by atoms with E-state index in [1.165, 1.54) is 22.2 Å². The summed E-state index contributed by atoms with van der Waals surface area (Å²) in [6.07, 6.45) is 1.56. The van der Waals surface area contributed by atoms with Gasteiger partial charge < -0.3 is 5.32 Å². The van der Waals surface area contributed by atoms with Gasteiger partial charge in [0.15, 0.2) is 0 Å². The van der Waals surface area contributed by atoms with Gasteiger partial charge in [-0.1, -0.05) is 23.4 Å². The van der Waals surface area contributed by atoms with Crippen molar-refractivity contribution in [3.8, 4) is 0 Å². The van der Waals surface area contributed by atoms with Crippen LogP contribution in [0.5, 0.6) is 0 Å². The van der Waals surface area contributed by atoms with E-state index in [0.29, 0.717) is 5.02 Å². The van der Waals surface area contributed by atoms with Crippen LogP contribution in [0.15, 0.2) is 35.6 Å². The molecule has 0 bridgehead atoms. The molecule has 24 heavy (non-hydrogen) atoms. The van der Waals surface area contributed by atoms with E-state index in [4.69, 9.17) is 11.6 Å². The first kappa shape index (κ1) is 17.2. The number of rotatable bonds is 4. The maximum atomic E-state index is 12.4. The number of hydrogen-bond donors (Lipinski definition) is 1. The number of nitrogens with zero attached hydrogens (tertiary/aromatic N) is 2. The molecule has 3 aromatic rings. The van der Waals surface area contributed by atoms with E-state index in [9.17, 15) is 4.79 Å². The van der Waals surface area contributed by atoms with Gasteiger partial charge in [-0.05, 0) is 50.6 Å². The second kappa shape index (κ2) is 7.09. The van der Waals surface area contributed by atoms with Crippen molar-refractivity contribution in [3.63, 3.8) is 0 Å². The van der Waals surface area contributed by atoms with E-state index in [0.717, 1.165) is 20.9 Å². The molecular weight excluding hydrogens is 362 g/mol. The van der Waals surface area contributed by atoms with E-state index in [-0.39, 0.29) is 11.2 Å². The Morgan fingerprint density at radius 1 is 1.25 bits per heavy atom. The van der Waals surface area contributed by atoms with Crippen molar-refractivity contribution in [2.45, 2.75) is 31.0 Å². The van der Waals surface area contributed by atoms with Gasteiger partial charge in [0.25, 0.3) is 0 Å². The molecule has 2 aromatic heterocycles. The summed E-state index contributed by atoms with van der Waals surface area (Å²) >= 11 is 8.96. The van der Waals surface area contributed by atoms with Gasteiger partial charge >= 0.3 is 0 Å². The molecular formula is C17H16ClN3OS2. The predicted octanol–water partition coefficient (Wildman–Crippen LogP) is 5.08. The van der Waals surface area contributed by atoms with Crippen LogP contribution in [0.1, 0.15) is 17.4 Å². The molecule has 0 aliphatic rings. The van der Waals surface area contributed by atoms with Gasteiger partial charge in [-0.15, -0.1) is 11.3 Å². The summed E-state index contributed by atoms with van der Waals surface area (Å²) in [7, 11) is 0. The maximum Gasteiger partial charge on any atom is 0.237 e. The summed E-state index contributed by atoms with van der Waals surface area (Å²) in [4.78, 5) is 23.3. The number of nitrogens with one attached hydrogen (secondary N) is 1. The number of hydrogen-bond acceptors (Lipinski definition) is 5. The number of thioether (sulfide) groups is 1. The topological polar surface area (TPSA) is 54.9 Å². The van der Waals surface area contributed by atoms with Crippen molar-refractivity contribution < 1.29 is 4.79 Å². The molecule has 0 aliphatic heterocycles. The third kappa shape index (κ3) is 3.55. The molecule has 0 spiro atoms. The van der Waals surface area contributed by atoms with Gasteiger partial charge in [0.2, 0.25) is 5.91 Å². The molecule has 7 heteroatoms. The summed E-state index contributed by atoms with van der Waals surface area (Å²) in [5, 5.41) is 5.16. The van der Waals surface area contributed by atoms with Crippen LogP contribution in [-0.4, -0.2) is 21.1 Å². The molecule has 0 saturated heterocycles. The normalized spacial score (nSPS) is 12.3. The Morgan fingerprint density at radius 3 is 2.67 bits per heavy atom. The Balaban J connectivity index is 1.78. The third-order valence-corrected chi connectivity index (χ3v) is 6.17. The molecule has 0 fully saturated rings. The van der Waals surface area contributed by atoms with E-state index in [1.54, 1.807) is 41.9 Å². The van der Waals surface area contributed by atoms with Gasteiger partial charge in [0.05, 0.1) is 5.25 Å². The first-order valence-corrected chi connectivity index (χ1v) is 9.47. The van der Waals surface area contributed by atoms with E-state index < -0.39 is 0 Å². The summed E-state index contributed by atoms with van der Waals surface area (Å²) < 4.78 is 0. The number of benzene rings is 1. The zero-order valence-corrected chi connectivity index (χ0v) is 15.9. The lowest BCUT2D eigenvalue weighted by Crippen LogP contribution is -2.22. The number of carbonyl (C=O) groups is 1. The van der Waals surface area contributed by atoms with Crippen LogP contribution in [0.3, 0.4) is 0 Å². The molecule has 2 heterocycles. The van der Waals surface area contributed by atoms with Crippen molar-refractivity contribution in [3.05, 3.63) is 46.1 Å². The highest BCUT2D eigenvalue weighted by Crippen LogP contribution is 2.36. The Hall–Kier alpha value is -1.63. The molecule has 0 aliphatic carbocycles. The summed E-state index contributed by atoms with van der Waals surface area (Å²) in [5.41, 5.74) is 1.91. The van der Waals surface area contributed by atoms with E-state index in [2.05, 4.69) is 29.1 Å². The average Bonchev–Trinajstić information content (AvgIpc) is 2.85. The van der Waals surface area contributed by atoms with Crippen molar-refractivity contribution in [1.82, 2.24) is 9.97 Å². The molecule has 1 atom stereocenters. The number of carbonyl (C=O) groups excluding carboxylic acids is 1. The predicted molar refractivity (Wildman–Crippen MR) is 102 cm³/mol. The van der Waals surface area contributed by atoms with Crippen molar-refractivity contribution in [2.75, 3.05) is 5.32 Å². The highest BCUT2D eigenvalue weighted by atomic mass is 35.5. The number of aromatic nitrogens is 2. The minimum absolute atomic E-state index is 0.0707. The van der Waals surface area contributed by atoms with Gasteiger partial charge in [0, 0.05) is 21.0 Å². The summed E-state index contributed by atoms with van der Waals surface area (Å²) in [5.74, 6) is -0.0707. The minimum atomic E-state index is -0.279. The van der Waals surface area contributed by atoms with Gasteiger partial charge in [-0.25, -0.2) is 9.97 Å². The number of amides is 1. The van der Waals surface area contributed by atoms with Crippen LogP contribution < -0.4 is 5.32 Å². The van der Waals surface area contributed by atoms with Crippen molar-refractivity contribution in [2.24, 2.45) is 0 Å². The molecule has 3 rings (SSSR count). The quantitative estimate of drug-likeness (QED) is 0.508. The summed E-state index contributed by atoms with van der Waals surface area (Å²) in [6, 6.07) is 7.07. The first-order valence-electron chi connectivity index (χ1n) is 7.39. The highest BCUT2D eigenvalue weighted by Gasteiger charge is 2.19. The van der Waals surface area contributed by atoms with Crippen LogP contribution in [0.25, 0.3) is 10.2 Å². The molecule has 1 aromatic carbocycles. The number of fused-ring (bicyclic) bond motifs is 1. The summed E-state index contributed by atoms with van der Waals surface area (Å²) in [6.45, 7) is 6.02. The fourth-order valence-electron chi connectivity index (χ4n) is 2.24. The minimum Gasteiger partial charge on any atom is -0.325 e. The van der Waals surface area contributed by atoms with Crippen LogP contribution in [0, 0.1) is 13.8 Å². The standard InChI is InChI=1S/C17H16ClN3OS2/c1-9-10(2)23-16-14(9)17(20-8-19-16)24-11(3)15(22)21-13-6-4-12(18)5-7-13/h4-8,11H,1-3H3,(H,21,22)/t11-/m1/s1. The molecule has 0 saturated carbocycles. The zero-order chi connectivity index (χ0) is 17.3. The Kier molecular flexibility index (Phi) is 5.08. The lowest BCUT2D eigenvalue weighted by Gasteiger charge is -2.12. The smallest absolute Gasteiger partial charge is 0.237 e. The second-order valence-corrected chi connectivity index (χ2v) is 8.37. The van der Waals surface area contributed by atoms with E-state index in [1.807, 2.05) is 6.92 Å². The molecule has 0 unspecified atom stereocenters. The Bertz CT molecular complexity index is 893. The molecule has 1 N–H and O–H groups in total. The van der Waals surface area contributed by atoms with Crippen molar-refractivity contribution >= 4 is 56.5 Å². The SMILES string of the molecule is Cc1sc2ncnc(S[C@H](C)C(=O)Nc3ccc(Cl)cc3)c2c1C. The van der Waals surface area contributed by atoms with Crippen LogP contribution in [-0.2, 0) is 4.79 Å². The second-order valence-electron chi connectivity index (χ2n) is 5.40. The third-order valence-electron chi connectivity index (χ3n) is 3.70. The van der Waals surface area contributed by atoms with Gasteiger partial charge in [0.1, 0.15) is 16.2 Å². The Labute approximate surface area is 153 Å². The Morgan fingerprint density at radius 2 is 1.96 bits per heavy atom. The number of thiophene rings is 1. The lowest BCUT2D eigenvalue weighted by atomic mass is 10.2. The lowest BCUT2D eigenvalue weighted by molar-refractivity contribution is -0.115. The largest absolute Gasteiger partial charge is 0.325 e. The van der Waals surface area contributed by atoms with Crippen LogP contribution >= 0.6 is 34.7 Å². The number of halogens is 1. The molecule has 4 nitrogen and oxygen atoms in total.